The summed E-state index contributed by atoms with van der Waals surface area (Å²) in [5, 5.41) is 3.28. The Balaban J connectivity index is 2.00. The predicted molar refractivity (Wildman–Crippen MR) is 147 cm³/mol. The molecule has 7 nitrogen and oxygen atoms in total. The highest BCUT2D eigenvalue weighted by Gasteiger charge is 2.32. The monoisotopic (exact) mass is 541 g/mol. The molecule has 0 aliphatic carbocycles. The molecular formula is C28H32ClN3O4S. The summed E-state index contributed by atoms with van der Waals surface area (Å²) in [6, 6.07) is 20.8. The highest BCUT2D eigenvalue weighted by molar-refractivity contribution is 7.92. The van der Waals surface area contributed by atoms with Crippen molar-refractivity contribution < 1.29 is 18.0 Å². The first-order chi connectivity index (χ1) is 17.5. The van der Waals surface area contributed by atoms with E-state index in [1.807, 2.05) is 45.0 Å². The minimum atomic E-state index is -4.10. The van der Waals surface area contributed by atoms with Crippen molar-refractivity contribution in [3.8, 4) is 0 Å². The van der Waals surface area contributed by atoms with Crippen LogP contribution in [-0.2, 0) is 26.2 Å². The third-order valence-electron chi connectivity index (χ3n) is 5.80. The summed E-state index contributed by atoms with van der Waals surface area (Å²) in [7, 11) is -4.10. The zero-order chi connectivity index (χ0) is 27.2. The second kappa shape index (κ2) is 12.3. The van der Waals surface area contributed by atoms with Gasteiger partial charge in [0.15, 0.2) is 0 Å². The first kappa shape index (κ1) is 28.2. The van der Waals surface area contributed by atoms with Gasteiger partial charge in [-0.1, -0.05) is 59.6 Å². The second-order valence-electron chi connectivity index (χ2n) is 9.15. The summed E-state index contributed by atoms with van der Waals surface area (Å²) in [4.78, 5) is 28.2. The molecule has 9 heteroatoms. The molecule has 1 atom stereocenters. The van der Waals surface area contributed by atoms with Crippen LogP contribution in [0.15, 0.2) is 83.8 Å². The van der Waals surface area contributed by atoms with Crippen LogP contribution in [0.4, 0.5) is 5.69 Å². The van der Waals surface area contributed by atoms with Gasteiger partial charge in [0.1, 0.15) is 12.6 Å². The Labute approximate surface area is 224 Å². The number of benzene rings is 3. The number of carbonyl (C=O) groups is 2. The molecule has 0 bridgehead atoms. The van der Waals surface area contributed by atoms with Crippen molar-refractivity contribution in [3.63, 3.8) is 0 Å². The largest absolute Gasteiger partial charge is 0.352 e. The molecule has 0 saturated heterocycles. The highest BCUT2D eigenvalue weighted by Crippen LogP contribution is 2.26. The van der Waals surface area contributed by atoms with E-state index < -0.39 is 28.5 Å². The van der Waals surface area contributed by atoms with E-state index in [1.165, 1.54) is 17.0 Å². The maximum atomic E-state index is 13.8. The molecular weight excluding hydrogens is 510 g/mol. The van der Waals surface area contributed by atoms with E-state index in [1.54, 1.807) is 49.4 Å². The minimum absolute atomic E-state index is 0.0495. The number of amides is 2. The lowest BCUT2D eigenvalue weighted by atomic mass is 10.1. The summed E-state index contributed by atoms with van der Waals surface area (Å²) >= 11 is 6.04. The predicted octanol–water partition coefficient (Wildman–Crippen LogP) is 4.79. The number of rotatable bonds is 10. The molecule has 0 aliphatic rings. The van der Waals surface area contributed by atoms with Gasteiger partial charge in [0.05, 0.1) is 10.6 Å². The van der Waals surface area contributed by atoms with Crippen molar-refractivity contribution in [1.82, 2.24) is 10.2 Å². The lowest BCUT2D eigenvalue weighted by Crippen LogP contribution is -2.52. The molecule has 0 radical (unpaired) electrons. The first-order valence-corrected chi connectivity index (χ1v) is 13.8. The van der Waals surface area contributed by atoms with Gasteiger partial charge in [-0.2, -0.15) is 0 Å². The van der Waals surface area contributed by atoms with E-state index >= 15 is 0 Å². The molecule has 0 saturated carbocycles. The van der Waals surface area contributed by atoms with Crippen LogP contribution in [0.5, 0.6) is 0 Å². The van der Waals surface area contributed by atoms with Crippen molar-refractivity contribution in [3.05, 3.63) is 95.0 Å². The molecule has 37 heavy (non-hydrogen) atoms. The fraction of sp³-hybridized carbons (Fsp3) is 0.286. The number of nitrogens with zero attached hydrogens (tertiary/aromatic N) is 2. The number of nitrogens with one attached hydrogen (secondary N) is 1. The zero-order valence-electron chi connectivity index (χ0n) is 21.4. The number of aryl methyl sites for hydroxylation is 1. The Morgan fingerprint density at radius 3 is 2.05 bits per heavy atom. The maximum absolute atomic E-state index is 13.8. The highest BCUT2D eigenvalue weighted by atomic mass is 35.5. The lowest BCUT2D eigenvalue weighted by Gasteiger charge is -2.32. The Kier molecular flexibility index (Phi) is 9.34. The Morgan fingerprint density at radius 1 is 0.892 bits per heavy atom. The van der Waals surface area contributed by atoms with E-state index in [4.69, 9.17) is 11.6 Å². The van der Waals surface area contributed by atoms with E-state index in [-0.39, 0.29) is 29.1 Å². The summed E-state index contributed by atoms with van der Waals surface area (Å²) in [6.45, 7) is 6.93. The number of hydrogen-bond acceptors (Lipinski definition) is 4. The molecule has 0 aromatic heterocycles. The van der Waals surface area contributed by atoms with Crippen molar-refractivity contribution in [1.29, 1.82) is 0 Å². The molecule has 3 rings (SSSR count). The zero-order valence-corrected chi connectivity index (χ0v) is 23.0. The van der Waals surface area contributed by atoms with Crippen molar-refractivity contribution >= 4 is 39.1 Å². The molecule has 196 valence electrons. The van der Waals surface area contributed by atoms with Crippen LogP contribution in [0.3, 0.4) is 0 Å². The van der Waals surface area contributed by atoms with Crippen LogP contribution in [0.25, 0.3) is 0 Å². The van der Waals surface area contributed by atoms with Crippen LogP contribution in [0.1, 0.15) is 31.9 Å². The van der Waals surface area contributed by atoms with Gasteiger partial charge in [-0.15, -0.1) is 0 Å². The van der Waals surface area contributed by atoms with Gasteiger partial charge < -0.3 is 10.2 Å². The molecule has 1 unspecified atom stereocenters. The van der Waals surface area contributed by atoms with Gasteiger partial charge in [-0.25, -0.2) is 8.42 Å². The third kappa shape index (κ3) is 7.33. The van der Waals surface area contributed by atoms with Gasteiger partial charge in [-0.3, -0.25) is 13.9 Å². The third-order valence-corrected chi connectivity index (χ3v) is 7.84. The van der Waals surface area contributed by atoms with Crippen molar-refractivity contribution in [2.75, 3.05) is 10.8 Å². The van der Waals surface area contributed by atoms with Crippen LogP contribution < -0.4 is 9.62 Å². The summed E-state index contributed by atoms with van der Waals surface area (Å²) < 4.78 is 28.4. The van der Waals surface area contributed by atoms with E-state index in [2.05, 4.69) is 5.32 Å². The molecule has 0 heterocycles. The molecule has 3 aromatic carbocycles. The number of sulfonamides is 1. The Morgan fingerprint density at radius 2 is 1.49 bits per heavy atom. The van der Waals surface area contributed by atoms with Crippen molar-refractivity contribution in [2.45, 2.75) is 51.2 Å². The first-order valence-electron chi connectivity index (χ1n) is 12.0. The number of anilines is 1. The number of carbonyl (C=O) groups excluding carboxylic acids is 2. The van der Waals surface area contributed by atoms with Gasteiger partial charge in [-0.05, 0) is 69.7 Å². The molecule has 0 spiro atoms. The molecule has 2 amide bonds. The van der Waals surface area contributed by atoms with Gasteiger partial charge in [0.2, 0.25) is 11.8 Å². The van der Waals surface area contributed by atoms with Gasteiger partial charge in [0.25, 0.3) is 10.0 Å². The summed E-state index contributed by atoms with van der Waals surface area (Å²) in [5.41, 5.74) is 2.18. The average Bonchev–Trinajstić information content (AvgIpc) is 2.87. The maximum Gasteiger partial charge on any atom is 0.264 e. The SMILES string of the molecule is Cc1ccc(CN(C(=O)CN(c2ccc(Cl)cc2)S(=O)(=O)c2ccccc2)C(C)C(=O)NC(C)C)cc1. The van der Waals surface area contributed by atoms with Crippen LogP contribution in [0.2, 0.25) is 5.02 Å². The smallest absolute Gasteiger partial charge is 0.264 e. The Hall–Kier alpha value is -3.36. The second-order valence-corrected chi connectivity index (χ2v) is 11.4. The quantitative estimate of drug-likeness (QED) is 0.400. The summed E-state index contributed by atoms with van der Waals surface area (Å²) in [5.74, 6) is -0.833. The summed E-state index contributed by atoms with van der Waals surface area (Å²) in [6.07, 6.45) is 0. The van der Waals surface area contributed by atoms with Crippen molar-refractivity contribution in [2.24, 2.45) is 0 Å². The standard InChI is InChI=1S/C28H32ClN3O4S/c1-20(2)30-28(34)22(4)31(18-23-12-10-21(3)11-13-23)27(33)19-32(25-16-14-24(29)15-17-25)37(35,36)26-8-6-5-7-9-26/h5-17,20,22H,18-19H2,1-4H3,(H,30,34). The fourth-order valence-corrected chi connectivity index (χ4v) is 5.29. The normalized spacial score (nSPS) is 12.2. The van der Waals surface area contributed by atoms with Gasteiger partial charge in [0, 0.05) is 17.6 Å². The Bertz CT molecular complexity index is 1310. The van der Waals surface area contributed by atoms with E-state index in [0.29, 0.717) is 5.02 Å². The average molecular weight is 542 g/mol. The van der Waals surface area contributed by atoms with Crippen LogP contribution in [0, 0.1) is 6.92 Å². The molecule has 1 N–H and O–H groups in total. The number of hydrogen-bond donors (Lipinski definition) is 1. The van der Waals surface area contributed by atoms with Crippen LogP contribution in [-0.4, -0.2) is 43.8 Å². The van der Waals surface area contributed by atoms with E-state index in [0.717, 1.165) is 15.4 Å². The fourth-order valence-electron chi connectivity index (χ4n) is 3.73. The lowest BCUT2D eigenvalue weighted by molar-refractivity contribution is -0.139. The topological polar surface area (TPSA) is 86.8 Å². The molecule has 0 fully saturated rings. The van der Waals surface area contributed by atoms with Crippen LogP contribution >= 0.6 is 11.6 Å². The minimum Gasteiger partial charge on any atom is -0.352 e. The number of halogens is 1. The molecule has 3 aromatic rings. The molecule has 0 aliphatic heterocycles. The van der Waals surface area contributed by atoms with E-state index in [9.17, 15) is 18.0 Å². The van der Waals surface area contributed by atoms with Gasteiger partial charge >= 0.3 is 0 Å².